The fraction of sp³-hybridized carbons (Fsp3) is 1.00. The summed E-state index contributed by atoms with van der Waals surface area (Å²) in [5.41, 5.74) is 0. The number of hydrogen-bond donors (Lipinski definition) is 0. The maximum Gasteiger partial charge on any atom is 0.0828 e. The van der Waals surface area contributed by atoms with Crippen molar-refractivity contribution < 1.29 is 4.74 Å². The van der Waals surface area contributed by atoms with Gasteiger partial charge < -0.3 is 4.74 Å². The summed E-state index contributed by atoms with van der Waals surface area (Å²) in [6.07, 6.45) is 4.42. The van der Waals surface area contributed by atoms with E-state index in [0.717, 1.165) is 31.5 Å². The molecule has 0 spiro atoms. The van der Waals surface area contributed by atoms with Gasteiger partial charge in [0.2, 0.25) is 0 Å². The van der Waals surface area contributed by atoms with Crippen molar-refractivity contribution in [1.29, 1.82) is 0 Å². The van der Waals surface area contributed by atoms with Crippen LogP contribution in [0.2, 0.25) is 0 Å². The summed E-state index contributed by atoms with van der Waals surface area (Å²) in [6, 6.07) is 0. The Hall–Kier alpha value is -0.0800. The second-order valence-corrected chi connectivity index (χ2v) is 5.99. The predicted octanol–water partition coefficient (Wildman–Crippen LogP) is 3.17. The molecule has 0 bridgehead atoms. The third-order valence-electron chi connectivity index (χ3n) is 3.08. The smallest absolute Gasteiger partial charge is 0.0828 e. The molecule has 0 aromatic heterocycles. The Balaban J connectivity index is 1.86. The van der Waals surface area contributed by atoms with Crippen molar-refractivity contribution in [2.24, 2.45) is 11.8 Å². The van der Waals surface area contributed by atoms with E-state index in [-0.39, 0.29) is 0 Å². The Morgan fingerprint density at radius 1 is 1.06 bits per heavy atom. The van der Waals surface area contributed by atoms with Crippen LogP contribution in [0, 0.1) is 11.8 Å². The SMILES string of the molecule is CC(C)CCCCOC1CN(CC(C)C)C1. The minimum Gasteiger partial charge on any atom is -0.376 e. The quantitative estimate of drug-likeness (QED) is 0.591. The summed E-state index contributed by atoms with van der Waals surface area (Å²) in [5, 5.41) is 0. The average molecular weight is 227 g/mol. The van der Waals surface area contributed by atoms with E-state index in [9.17, 15) is 0 Å². The minimum atomic E-state index is 0.526. The molecular weight excluding hydrogens is 198 g/mol. The molecule has 1 rings (SSSR count). The lowest BCUT2D eigenvalue weighted by molar-refractivity contribution is -0.0588. The summed E-state index contributed by atoms with van der Waals surface area (Å²) in [6.45, 7) is 13.6. The van der Waals surface area contributed by atoms with E-state index in [1.54, 1.807) is 0 Å². The summed E-state index contributed by atoms with van der Waals surface area (Å²) in [7, 11) is 0. The number of rotatable bonds is 8. The molecule has 1 aliphatic heterocycles. The first-order valence-electron chi connectivity index (χ1n) is 6.92. The highest BCUT2D eigenvalue weighted by Crippen LogP contribution is 2.14. The Morgan fingerprint density at radius 2 is 1.75 bits per heavy atom. The van der Waals surface area contributed by atoms with E-state index >= 15 is 0 Å². The van der Waals surface area contributed by atoms with Gasteiger partial charge in [-0.25, -0.2) is 0 Å². The molecule has 2 heteroatoms. The Kier molecular flexibility index (Phi) is 6.37. The van der Waals surface area contributed by atoms with Crippen molar-refractivity contribution in [3.8, 4) is 0 Å². The molecule has 1 saturated heterocycles. The first-order chi connectivity index (χ1) is 7.58. The lowest BCUT2D eigenvalue weighted by Gasteiger charge is -2.39. The topological polar surface area (TPSA) is 12.5 Å². The molecule has 1 aliphatic rings. The maximum atomic E-state index is 5.83. The molecule has 0 amide bonds. The summed E-state index contributed by atoms with van der Waals surface area (Å²) >= 11 is 0. The van der Waals surface area contributed by atoms with Gasteiger partial charge in [-0.2, -0.15) is 0 Å². The highest BCUT2D eigenvalue weighted by molar-refractivity contribution is 4.80. The standard InChI is InChI=1S/C14H29NO/c1-12(2)7-5-6-8-16-14-10-15(11-14)9-13(3)4/h12-14H,5-11H2,1-4H3. The van der Waals surface area contributed by atoms with Gasteiger partial charge in [0, 0.05) is 26.2 Å². The van der Waals surface area contributed by atoms with Crippen molar-refractivity contribution in [1.82, 2.24) is 4.90 Å². The van der Waals surface area contributed by atoms with Crippen LogP contribution in [-0.4, -0.2) is 37.2 Å². The van der Waals surface area contributed by atoms with E-state index in [2.05, 4.69) is 32.6 Å². The number of ether oxygens (including phenoxy) is 1. The predicted molar refractivity (Wildman–Crippen MR) is 69.7 cm³/mol. The molecule has 1 fully saturated rings. The fourth-order valence-corrected chi connectivity index (χ4v) is 2.20. The summed E-state index contributed by atoms with van der Waals surface area (Å²) in [4.78, 5) is 2.49. The lowest BCUT2D eigenvalue weighted by Crippen LogP contribution is -2.53. The Morgan fingerprint density at radius 3 is 2.31 bits per heavy atom. The van der Waals surface area contributed by atoms with Gasteiger partial charge in [0.1, 0.15) is 0 Å². The van der Waals surface area contributed by atoms with Crippen molar-refractivity contribution in [2.75, 3.05) is 26.2 Å². The molecule has 0 saturated carbocycles. The van der Waals surface area contributed by atoms with Gasteiger partial charge in [-0.1, -0.05) is 40.5 Å². The first-order valence-corrected chi connectivity index (χ1v) is 6.92. The number of unbranched alkanes of at least 4 members (excludes halogenated alkanes) is 1. The number of hydrogen-bond acceptors (Lipinski definition) is 2. The monoisotopic (exact) mass is 227 g/mol. The maximum absolute atomic E-state index is 5.83. The third kappa shape index (κ3) is 5.86. The van der Waals surface area contributed by atoms with Gasteiger partial charge in [-0.3, -0.25) is 4.90 Å². The molecule has 0 N–H and O–H groups in total. The first kappa shape index (κ1) is 14.0. The molecule has 0 aliphatic carbocycles. The zero-order valence-corrected chi connectivity index (χ0v) is 11.5. The second kappa shape index (κ2) is 7.29. The zero-order valence-electron chi connectivity index (χ0n) is 11.5. The molecule has 0 aromatic rings. The van der Waals surface area contributed by atoms with Gasteiger partial charge in [0.25, 0.3) is 0 Å². The van der Waals surface area contributed by atoms with E-state index < -0.39 is 0 Å². The van der Waals surface area contributed by atoms with E-state index in [1.807, 2.05) is 0 Å². The number of likely N-dealkylation sites (tertiary alicyclic amines) is 1. The van der Waals surface area contributed by atoms with Crippen LogP contribution >= 0.6 is 0 Å². The van der Waals surface area contributed by atoms with Gasteiger partial charge in [-0.05, 0) is 18.3 Å². The van der Waals surface area contributed by atoms with E-state index in [0.29, 0.717) is 6.10 Å². The molecule has 0 aromatic carbocycles. The van der Waals surface area contributed by atoms with Crippen molar-refractivity contribution >= 4 is 0 Å². The van der Waals surface area contributed by atoms with Gasteiger partial charge in [0.15, 0.2) is 0 Å². The normalized spacial score (nSPS) is 18.4. The van der Waals surface area contributed by atoms with Gasteiger partial charge in [0.05, 0.1) is 6.10 Å². The summed E-state index contributed by atoms with van der Waals surface area (Å²) in [5.74, 6) is 1.62. The molecule has 0 radical (unpaired) electrons. The van der Waals surface area contributed by atoms with Gasteiger partial charge in [-0.15, -0.1) is 0 Å². The zero-order chi connectivity index (χ0) is 12.0. The van der Waals surface area contributed by atoms with Crippen LogP contribution in [0.15, 0.2) is 0 Å². The average Bonchev–Trinajstić information content (AvgIpc) is 2.11. The Bertz CT molecular complexity index is 174. The number of nitrogens with zero attached hydrogens (tertiary/aromatic N) is 1. The molecule has 0 atom stereocenters. The highest BCUT2D eigenvalue weighted by atomic mass is 16.5. The van der Waals surface area contributed by atoms with Crippen LogP contribution < -0.4 is 0 Å². The van der Waals surface area contributed by atoms with Crippen LogP contribution in [0.4, 0.5) is 0 Å². The van der Waals surface area contributed by atoms with Crippen molar-refractivity contribution in [2.45, 2.75) is 53.1 Å². The van der Waals surface area contributed by atoms with Crippen LogP contribution in [-0.2, 0) is 4.74 Å². The molecular formula is C14H29NO. The Labute approximate surface area is 101 Å². The molecule has 0 unspecified atom stereocenters. The van der Waals surface area contributed by atoms with E-state index in [1.165, 1.54) is 25.8 Å². The highest BCUT2D eigenvalue weighted by Gasteiger charge is 2.27. The van der Waals surface area contributed by atoms with Crippen molar-refractivity contribution in [3.05, 3.63) is 0 Å². The molecule has 96 valence electrons. The van der Waals surface area contributed by atoms with E-state index in [4.69, 9.17) is 4.74 Å². The van der Waals surface area contributed by atoms with Crippen LogP contribution in [0.25, 0.3) is 0 Å². The largest absolute Gasteiger partial charge is 0.376 e. The fourth-order valence-electron chi connectivity index (χ4n) is 2.20. The molecule has 1 heterocycles. The van der Waals surface area contributed by atoms with Crippen LogP contribution in [0.3, 0.4) is 0 Å². The molecule has 16 heavy (non-hydrogen) atoms. The second-order valence-electron chi connectivity index (χ2n) is 5.99. The van der Waals surface area contributed by atoms with Crippen LogP contribution in [0.1, 0.15) is 47.0 Å². The van der Waals surface area contributed by atoms with Gasteiger partial charge >= 0.3 is 0 Å². The molecule has 2 nitrogen and oxygen atoms in total. The minimum absolute atomic E-state index is 0.526. The lowest BCUT2D eigenvalue weighted by atomic mass is 10.1. The summed E-state index contributed by atoms with van der Waals surface area (Å²) < 4.78 is 5.83. The van der Waals surface area contributed by atoms with Crippen LogP contribution in [0.5, 0.6) is 0 Å². The van der Waals surface area contributed by atoms with Crippen molar-refractivity contribution in [3.63, 3.8) is 0 Å². The third-order valence-corrected chi connectivity index (χ3v) is 3.08.